The molecule has 1 aromatic heterocycles. The summed E-state index contributed by atoms with van der Waals surface area (Å²) in [4.78, 5) is 9.55. The molecule has 0 spiro atoms. The molecule has 2 aromatic rings. The third-order valence-corrected chi connectivity index (χ3v) is 3.98. The Morgan fingerprint density at radius 2 is 1.79 bits per heavy atom. The van der Waals surface area contributed by atoms with E-state index in [1.165, 1.54) is 5.56 Å². The van der Waals surface area contributed by atoms with Crippen molar-refractivity contribution < 1.29 is 17.9 Å². The Kier molecular flexibility index (Phi) is 4.99. The first-order chi connectivity index (χ1) is 11.5. The van der Waals surface area contributed by atoms with Crippen LogP contribution in [0.2, 0.25) is 0 Å². The van der Waals surface area contributed by atoms with Crippen molar-refractivity contribution in [2.75, 3.05) is 13.1 Å². The number of nitrogens with zero attached hydrogens (tertiary/aromatic N) is 3. The van der Waals surface area contributed by atoms with Crippen LogP contribution in [0.15, 0.2) is 42.6 Å². The van der Waals surface area contributed by atoms with E-state index in [-0.39, 0.29) is 12.1 Å². The normalized spacial score (nSPS) is 17.0. The number of piperidine rings is 1. The lowest BCUT2D eigenvalue weighted by Crippen LogP contribution is -2.38. The van der Waals surface area contributed by atoms with Crippen molar-refractivity contribution in [2.24, 2.45) is 0 Å². The van der Waals surface area contributed by atoms with E-state index >= 15 is 0 Å². The first kappa shape index (κ1) is 16.7. The van der Waals surface area contributed by atoms with Gasteiger partial charge in [0.25, 0.3) is 0 Å². The fourth-order valence-electron chi connectivity index (χ4n) is 2.73. The monoisotopic (exact) mass is 337 g/mol. The van der Waals surface area contributed by atoms with Crippen LogP contribution in [0.4, 0.5) is 13.2 Å². The third kappa shape index (κ3) is 4.44. The molecule has 0 saturated carbocycles. The molecule has 1 aromatic carbocycles. The summed E-state index contributed by atoms with van der Waals surface area (Å²) < 4.78 is 43.5. The molecule has 0 bridgehead atoms. The average molecular weight is 337 g/mol. The lowest BCUT2D eigenvalue weighted by Gasteiger charge is -2.31. The summed E-state index contributed by atoms with van der Waals surface area (Å²) in [6, 6.07) is 10.8. The van der Waals surface area contributed by atoms with E-state index < -0.39 is 11.9 Å². The zero-order valence-electron chi connectivity index (χ0n) is 13.0. The van der Waals surface area contributed by atoms with Gasteiger partial charge in [0.15, 0.2) is 5.69 Å². The van der Waals surface area contributed by atoms with Crippen LogP contribution in [0, 0.1) is 0 Å². The Morgan fingerprint density at radius 1 is 1.08 bits per heavy atom. The smallest absolute Gasteiger partial charge is 0.433 e. The standard InChI is InChI=1S/C17H18F3N3O/c18-17(19,20)15-6-9-21-16(22-15)24-14-7-10-23(11-8-14)12-13-4-2-1-3-5-13/h1-6,9,14H,7-8,10-12H2. The Bertz CT molecular complexity index is 656. The molecule has 0 radical (unpaired) electrons. The largest absolute Gasteiger partial charge is 0.460 e. The fourth-order valence-corrected chi connectivity index (χ4v) is 2.73. The van der Waals surface area contributed by atoms with Crippen molar-refractivity contribution in [3.05, 3.63) is 53.9 Å². The first-order valence-corrected chi connectivity index (χ1v) is 7.84. The maximum Gasteiger partial charge on any atom is 0.433 e. The van der Waals surface area contributed by atoms with E-state index in [1.807, 2.05) is 18.2 Å². The lowest BCUT2D eigenvalue weighted by atomic mass is 10.1. The van der Waals surface area contributed by atoms with Gasteiger partial charge in [0, 0.05) is 25.8 Å². The van der Waals surface area contributed by atoms with E-state index in [1.54, 1.807) is 0 Å². The summed E-state index contributed by atoms with van der Waals surface area (Å²) in [5.41, 5.74) is 0.270. The number of likely N-dealkylation sites (tertiary alicyclic amines) is 1. The zero-order chi connectivity index (χ0) is 17.0. The van der Waals surface area contributed by atoms with Crippen LogP contribution >= 0.6 is 0 Å². The quantitative estimate of drug-likeness (QED) is 0.855. The summed E-state index contributed by atoms with van der Waals surface area (Å²) in [6.45, 7) is 2.53. The Balaban J connectivity index is 1.52. The highest BCUT2D eigenvalue weighted by Crippen LogP contribution is 2.28. The second kappa shape index (κ2) is 7.17. The fraction of sp³-hybridized carbons (Fsp3) is 0.412. The molecule has 0 atom stereocenters. The molecule has 0 unspecified atom stereocenters. The van der Waals surface area contributed by atoms with Crippen molar-refractivity contribution in [1.29, 1.82) is 0 Å². The molecule has 7 heteroatoms. The van der Waals surface area contributed by atoms with E-state index in [0.29, 0.717) is 0 Å². The van der Waals surface area contributed by atoms with Gasteiger partial charge in [-0.05, 0) is 24.5 Å². The number of halogens is 3. The van der Waals surface area contributed by atoms with Gasteiger partial charge < -0.3 is 4.74 Å². The van der Waals surface area contributed by atoms with Crippen molar-refractivity contribution >= 4 is 0 Å². The van der Waals surface area contributed by atoms with Crippen LogP contribution in [0.5, 0.6) is 6.01 Å². The Labute approximate surface area is 138 Å². The molecule has 0 N–H and O–H groups in total. The number of ether oxygens (including phenoxy) is 1. The molecule has 3 rings (SSSR count). The van der Waals surface area contributed by atoms with Gasteiger partial charge in [-0.3, -0.25) is 4.90 Å². The predicted octanol–water partition coefficient (Wildman–Crippen LogP) is 3.54. The van der Waals surface area contributed by atoms with Gasteiger partial charge in [0.1, 0.15) is 6.10 Å². The van der Waals surface area contributed by atoms with Crippen LogP contribution < -0.4 is 4.74 Å². The van der Waals surface area contributed by atoms with Gasteiger partial charge in [-0.2, -0.15) is 18.2 Å². The predicted molar refractivity (Wildman–Crippen MR) is 82.4 cm³/mol. The van der Waals surface area contributed by atoms with E-state index in [9.17, 15) is 13.2 Å². The molecular weight excluding hydrogens is 319 g/mol. The topological polar surface area (TPSA) is 38.2 Å². The highest BCUT2D eigenvalue weighted by molar-refractivity contribution is 5.14. The summed E-state index contributed by atoms with van der Waals surface area (Å²) in [6.07, 6.45) is -2.07. The minimum Gasteiger partial charge on any atom is -0.460 e. The molecule has 0 amide bonds. The Morgan fingerprint density at radius 3 is 2.46 bits per heavy atom. The molecule has 128 valence electrons. The molecule has 24 heavy (non-hydrogen) atoms. The van der Waals surface area contributed by atoms with Crippen LogP contribution in [0.3, 0.4) is 0 Å². The molecule has 0 aliphatic carbocycles. The van der Waals surface area contributed by atoms with Crippen molar-refractivity contribution in [3.63, 3.8) is 0 Å². The third-order valence-electron chi connectivity index (χ3n) is 3.98. The van der Waals surface area contributed by atoms with Gasteiger partial charge in [0.2, 0.25) is 0 Å². The lowest BCUT2D eigenvalue weighted by molar-refractivity contribution is -0.141. The number of rotatable bonds is 4. The summed E-state index contributed by atoms with van der Waals surface area (Å²) in [5, 5.41) is 0. The highest BCUT2D eigenvalue weighted by atomic mass is 19.4. The van der Waals surface area contributed by atoms with Gasteiger partial charge in [-0.1, -0.05) is 30.3 Å². The van der Waals surface area contributed by atoms with Crippen molar-refractivity contribution in [1.82, 2.24) is 14.9 Å². The molecular formula is C17H18F3N3O. The van der Waals surface area contributed by atoms with Crippen molar-refractivity contribution in [2.45, 2.75) is 31.7 Å². The van der Waals surface area contributed by atoms with E-state index in [0.717, 1.165) is 44.7 Å². The molecule has 1 saturated heterocycles. The molecule has 1 aliphatic heterocycles. The SMILES string of the molecule is FC(F)(F)c1ccnc(OC2CCN(Cc3ccccc3)CC2)n1. The summed E-state index contributed by atoms with van der Waals surface area (Å²) >= 11 is 0. The van der Waals surface area contributed by atoms with Crippen LogP contribution in [-0.4, -0.2) is 34.1 Å². The first-order valence-electron chi connectivity index (χ1n) is 7.84. The minimum absolute atomic E-state index is 0.152. The van der Waals surface area contributed by atoms with E-state index in [4.69, 9.17) is 4.74 Å². The number of aromatic nitrogens is 2. The second-order valence-electron chi connectivity index (χ2n) is 5.80. The summed E-state index contributed by atoms with van der Waals surface area (Å²) in [7, 11) is 0. The zero-order valence-corrected chi connectivity index (χ0v) is 13.0. The molecule has 2 heterocycles. The van der Waals surface area contributed by atoms with E-state index in [2.05, 4.69) is 27.0 Å². The van der Waals surface area contributed by atoms with Gasteiger partial charge >= 0.3 is 12.2 Å². The Hall–Kier alpha value is -2.15. The highest BCUT2D eigenvalue weighted by Gasteiger charge is 2.33. The number of hydrogen-bond donors (Lipinski definition) is 0. The number of alkyl halides is 3. The molecule has 1 aliphatic rings. The van der Waals surface area contributed by atoms with Gasteiger partial charge in [-0.25, -0.2) is 4.98 Å². The number of benzene rings is 1. The number of hydrogen-bond acceptors (Lipinski definition) is 4. The average Bonchev–Trinajstić information content (AvgIpc) is 2.57. The van der Waals surface area contributed by atoms with Crippen LogP contribution in [0.1, 0.15) is 24.1 Å². The minimum atomic E-state index is -4.49. The second-order valence-corrected chi connectivity index (χ2v) is 5.80. The van der Waals surface area contributed by atoms with Gasteiger partial charge in [-0.15, -0.1) is 0 Å². The maximum absolute atomic E-state index is 12.7. The summed E-state index contributed by atoms with van der Waals surface area (Å²) in [5.74, 6) is 0. The molecule has 4 nitrogen and oxygen atoms in total. The van der Waals surface area contributed by atoms with Gasteiger partial charge in [0.05, 0.1) is 0 Å². The van der Waals surface area contributed by atoms with Crippen LogP contribution in [0.25, 0.3) is 0 Å². The molecule has 1 fully saturated rings. The van der Waals surface area contributed by atoms with Crippen molar-refractivity contribution in [3.8, 4) is 6.01 Å². The van der Waals surface area contributed by atoms with Crippen LogP contribution in [-0.2, 0) is 12.7 Å². The maximum atomic E-state index is 12.7.